The molecule has 0 saturated carbocycles. The summed E-state index contributed by atoms with van der Waals surface area (Å²) in [6, 6.07) is 9.93. The number of rotatable bonds is 5. The molecule has 1 unspecified atom stereocenters. The number of amides is 1. The quantitative estimate of drug-likeness (QED) is 0.556. The Hall–Kier alpha value is -3.34. The van der Waals surface area contributed by atoms with Crippen LogP contribution in [-0.4, -0.2) is 73.6 Å². The molecule has 0 radical (unpaired) electrons. The van der Waals surface area contributed by atoms with Crippen molar-refractivity contribution in [3.8, 4) is 11.4 Å². The van der Waals surface area contributed by atoms with Gasteiger partial charge in [-0.2, -0.15) is 9.97 Å². The Morgan fingerprint density at radius 3 is 2.64 bits per heavy atom. The van der Waals surface area contributed by atoms with Crippen molar-refractivity contribution in [3.05, 3.63) is 41.9 Å². The van der Waals surface area contributed by atoms with E-state index in [-0.39, 0.29) is 17.9 Å². The number of likely N-dealkylation sites (tertiary alicyclic amines) is 1. The van der Waals surface area contributed by atoms with Crippen molar-refractivity contribution in [2.45, 2.75) is 49.0 Å². The molecule has 6 rings (SSSR count). The maximum absolute atomic E-state index is 12.7. The van der Waals surface area contributed by atoms with Gasteiger partial charge >= 0.3 is 0 Å². The number of nitrogens with zero attached hydrogens (tertiary/aromatic N) is 6. The first-order valence-electron chi connectivity index (χ1n) is 12.5. The SMILES string of the molecule is CN1C[C@@H](Nc2nc(N3CCC(c4nc(-c5ccccc5)no4)CC3)nc3c2S(=O)CC3)CCC1=O. The molecule has 36 heavy (non-hydrogen) atoms. The van der Waals surface area contributed by atoms with E-state index in [1.165, 1.54) is 0 Å². The highest BCUT2D eigenvalue weighted by atomic mass is 32.2. The first kappa shape index (κ1) is 23.1. The van der Waals surface area contributed by atoms with Crippen LogP contribution in [0.25, 0.3) is 11.4 Å². The minimum atomic E-state index is -1.10. The molecule has 0 aliphatic carbocycles. The maximum atomic E-state index is 12.7. The van der Waals surface area contributed by atoms with Crippen LogP contribution in [0.4, 0.5) is 11.8 Å². The number of carbonyl (C=O) groups excluding carboxylic acids is 1. The van der Waals surface area contributed by atoms with Crippen molar-refractivity contribution in [1.82, 2.24) is 25.0 Å². The molecular weight excluding hydrogens is 478 g/mol. The van der Waals surface area contributed by atoms with Crippen molar-refractivity contribution in [3.63, 3.8) is 0 Å². The molecule has 10 nitrogen and oxygen atoms in total. The van der Waals surface area contributed by atoms with Gasteiger partial charge in [0.25, 0.3) is 0 Å². The Balaban J connectivity index is 1.17. The zero-order valence-corrected chi connectivity index (χ0v) is 21.0. The number of anilines is 2. The summed E-state index contributed by atoms with van der Waals surface area (Å²) in [5.74, 6) is 3.56. The first-order chi connectivity index (χ1) is 17.5. The molecule has 2 saturated heterocycles. The average Bonchev–Trinajstić information content (AvgIpc) is 3.54. The number of hydrogen-bond acceptors (Lipinski definition) is 9. The van der Waals surface area contributed by atoms with E-state index >= 15 is 0 Å². The van der Waals surface area contributed by atoms with Crippen LogP contribution in [0.15, 0.2) is 39.8 Å². The van der Waals surface area contributed by atoms with E-state index in [1.807, 2.05) is 37.4 Å². The second kappa shape index (κ2) is 9.61. The summed E-state index contributed by atoms with van der Waals surface area (Å²) in [6.07, 6.45) is 3.66. The van der Waals surface area contributed by atoms with Crippen LogP contribution in [0, 0.1) is 0 Å². The van der Waals surface area contributed by atoms with Gasteiger partial charge in [0, 0.05) is 62.8 Å². The van der Waals surface area contributed by atoms with E-state index in [2.05, 4.69) is 20.4 Å². The zero-order chi connectivity index (χ0) is 24.6. The molecule has 0 bridgehead atoms. The molecule has 1 N–H and O–H groups in total. The molecule has 1 amide bonds. The summed E-state index contributed by atoms with van der Waals surface area (Å²) in [4.78, 5) is 30.9. The van der Waals surface area contributed by atoms with E-state index in [1.54, 1.807) is 4.90 Å². The number of piperidine rings is 2. The molecule has 3 aromatic rings. The third kappa shape index (κ3) is 4.47. The number of nitrogens with one attached hydrogen (secondary N) is 1. The molecule has 2 aromatic heterocycles. The van der Waals surface area contributed by atoms with Crippen LogP contribution in [-0.2, 0) is 22.0 Å². The Morgan fingerprint density at radius 1 is 1.06 bits per heavy atom. The van der Waals surface area contributed by atoms with Crippen molar-refractivity contribution in [1.29, 1.82) is 0 Å². The summed E-state index contributed by atoms with van der Waals surface area (Å²) < 4.78 is 18.3. The molecule has 1 aromatic carbocycles. The second-order valence-corrected chi connectivity index (χ2v) is 11.2. The van der Waals surface area contributed by atoms with Gasteiger partial charge in [0.15, 0.2) is 0 Å². The third-order valence-corrected chi connectivity index (χ3v) is 8.70. The van der Waals surface area contributed by atoms with Gasteiger partial charge < -0.3 is 19.6 Å². The van der Waals surface area contributed by atoms with Gasteiger partial charge in [-0.3, -0.25) is 9.00 Å². The van der Waals surface area contributed by atoms with Crippen LogP contribution in [0.3, 0.4) is 0 Å². The van der Waals surface area contributed by atoms with Gasteiger partial charge in [-0.15, -0.1) is 0 Å². The lowest BCUT2D eigenvalue weighted by Gasteiger charge is -2.32. The Bertz CT molecular complexity index is 1290. The van der Waals surface area contributed by atoms with Gasteiger partial charge in [0.05, 0.1) is 16.5 Å². The summed E-state index contributed by atoms with van der Waals surface area (Å²) in [7, 11) is 0.719. The summed E-state index contributed by atoms with van der Waals surface area (Å²) in [5.41, 5.74) is 1.81. The summed E-state index contributed by atoms with van der Waals surface area (Å²) >= 11 is 0. The molecule has 188 valence electrons. The Morgan fingerprint density at radius 2 is 1.86 bits per heavy atom. The number of likely N-dealkylation sites (N-methyl/N-ethyl adjacent to an activating group) is 1. The minimum Gasteiger partial charge on any atom is -0.364 e. The third-order valence-electron chi connectivity index (χ3n) is 7.24. The lowest BCUT2D eigenvalue weighted by atomic mass is 9.97. The van der Waals surface area contributed by atoms with Crippen molar-refractivity contribution in [2.75, 3.05) is 42.7 Å². The summed E-state index contributed by atoms with van der Waals surface area (Å²) in [6.45, 7) is 2.16. The van der Waals surface area contributed by atoms with Crippen molar-refractivity contribution >= 4 is 28.5 Å². The van der Waals surface area contributed by atoms with Crippen molar-refractivity contribution in [2.24, 2.45) is 0 Å². The number of fused-ring (bicyclic) bond motifs is 1. The van der Waals surface area contributed by atoms with Gasteiger partial charge in [-0.25, -0.2) is 4.98 Å². The van der Waals surface area contributed by atoms with Crippen LogP contribution in [0.2, 0.25) is 0 Å². The van der Waals surface area contributed by atoms with E-state index in [0.29, 0.717) is 48.6 Å². The second-order valence-electron chi connectivity index (χ2n) is 9.69. The summed E-state index contributed by atoms with van der Waals surface area (Å²) in [5, 5.41) is 7.67. The highest BCUT2D eigenvalue weighted by Crippen LogP contribution is 2.34. The van der Waals surface area contributed by atoms with E-state index in [0.717, 1.165) is 48.5 Å². The standard InChI is InChI=1S/C25H29N7O3S/c1-31-15-18(7-8-20(31)33)26-23-21-19(11-14-36(21)34)27-25(29-23)32-12-9-17(10-13-32)24-28-22(30-35-24)16-5-3-2-4-6-16/h2-6,17-18H,7-15H2,1H3,(H,26,27,29)/t18-,36?/m0/s1. The molecule has 0 spiro atoms. The van der Waals surface area contributed by atoms with E-state index < -0.39 is 10.8 Å². The lowest BCUT2D eigenvalue weighted by molar-refractivity contribution is -0.132. The highest BCUT2D eigenvalue weighted by Gasteiger charge is 2.32. The fourth-order valence-corrected chi connectivity index (χ4v) is 6.49. The predicted molar refractivity (Wildman–Crippen MR) is 135 cm³/mol. The number of benzene rings is 1. The number of carbonyl (C=O) groups is 1. The van der Waals surface area contributed by atoms with Crippen LogP contribution in [0.1, 0.15) is 43.2 Å². The van der Waals surface area contributed by atoms with Crippen molar-refractivity contribution < 1.29 is 13.5 Å². The monoisotopic (exact) mass is 507 g/mol. The fraction of sp³-hybridized carbons (Fsp3) is 0.480. The van der Waals surface area contributed by atoms with Gasteiger partial charge in [-0.1, -0.05) is 35.5 Å². The van der Waals surface area contributed by atoms with Crippen LogP contribution < -0.4 is 10.2 Å². The average molecular weight is 508 g/mol. The van der Waals surface area contributed by atoms with Crippen LogP contribution >= 0.6 is 0 Å². The van der Waals surface area contributed by atoms with Crippen LogP contribution in [0.5, 0.6) is 0 Å². The molecule has 11 heteroatoms. The van der Waals surface area contributed by atoms with Gasteiger partial charge in [0.2, 0.25) is 23.6 Å². The minimum absolute atomic E-state index is 0.0826. The molecule has 2 fully saturated rings. The first-order valence-corrected chi connectivity index (χ1v) is 13.8. The lowest BCUT2D eigenvalue weighted by Crippen LogP contribution is -2.43. The van der Waals surface area contributed by atoms with Gasteiger partial charge in [-0.05, 0) is 19.3 Å². The maximum Gasteiger partial charge on any atom is 0.230 e. The molecule has 3 aliphatic rings. The number of aromatic nitrogens is 4. The smallest absolute Gasteiger partial charge is 0.230 e. The predicted octanol–water partition coefficient (Wildman–Crippen LogP) is 2.61. The normalized spacial score (nSPS) is 22.6. The Kier molecular flexibility index (Phi) is 6.16. The van der Waals surface area contributed by atoms with Gasteiger partial charge in [0.1, 0.15) is 10.7 Å². The molecular formula is C25H29N7O3S. The Labute approximate surface area is 212 Å². The number of aryl methyl sites for hydroxylation is 1. The number of hydrogen-bond donors (Lipinski definition) is 1. The highest BCUT2D eigenvalue weighted by molar-refractivity contribution is 7.85. The fourth-order valence-electron chi connectivity index (χ4n) is 5.18. The zero-order valence-electron chi connectivity index (χ0n) is 20.2. The molecule has 3 aliphatic heterocycles. The van der Waals surface area contributed by atoms with E-state index in [4.69, 9.17) is 14.5 Å². The molecule has 2 atom stereocenters. The topological polar surface area (TPSA) is 117 Å². The largest absolute Gasteiger partial charge is 0.364 e. The van der Waals surface area contributed by atoms with E-state index in [9.17, 15) is 9.00 Å². The molecule has 5 heterocycles.